The molecule has 80 valence electrons. The average molecular weight is 196 g/mol. The van der Waals surface area contributed by atoms with Gasteiger partial charge in [-0.3, -0.25) is 4.68 Å². The third-order valence-electron chi connectivity index (χ3n) is 2.05. The van der Waals surface area contributed by atoms with Crippen molar-refractivity contribution in [1.29, 1.82) is 0 Å². The summed E-state index contributed by atoms with van der Waals surface area (Å²) in [6.45, 7) is 10.7. The Morgan fingerprint density at radius 3 is 2.64 bits per heavy atom. The van der Waals surface area contributed by atoms with Crippen LogP contribution in [0.25, 0.3) is 0 Å². The van der Waals surface area contributed by atoms with Crippen LogP contribution in [0.3, 0.4) is 0 Å². The summed E-state index contributed by atoms with van der Waals surface area (Å²) in [5.41, 5.74) is 0.206. The molecular weight excluding hydrogens is 176 g/mol. The minimum Gasteiger partial charge on any atom is -0.314 e. The molecule has 0 aromatic carbocycles. The molecule has 14 heavy (non-hydrogen) atoms. The van der Waals surface area contributed by atoms with E-state index < -0.39 is 0 Å². The quantitative estimate of drug-likeness (QED) is 0.772. The summed E-state index contributed by atoms with van der Waals surface area (Å²) >= 11 is 0. The average Bonchev–Trinajstić information content (AvgIpc) is 2.53. The van der Waals surface area contributed by atoms with Crippen molar-refractivity contribution in [2.75, 3.05) is 6.54 Å². The van der Waals surface area contributed by atoms with Gasteiger partial charge >= 0.3 is 0 Å². The van der Waals surface area contributed by atoms with Crippen molar-refractivity contribution in [2.24, 2.45) is 5.41 Å². The molecule has 0 aliphatic heterocycles. The molecule has 0 spiro atoms. The van der Waals surface area contributed by atoms with Crippen molar-refractivity contribution >= 4 is 0 Å². The van der Waals surface area contributed by atoms with Gasteiger partial charge in [0.1, 0.15) is 12.7 Å². The molecule has 0 saturated carbocycles. The Morgan fingerprint density at radius 2 is 2.14 bits per heavy atom. The first kappa shape index (κ1) is 11.2. The van der Waals surface area contributed by atoms with E-state index >= 15 is 0 Å². The lowest BCUT2D eigenvalue weighted by Crippen LogP contribution is -2.36. The molecule has 0 saturated heterocycles. The Kier molecular flexibility index (Phi) is 3.63. The highest BCUT2D eigenvalue weighted by atomic mass is 15.3. The monoisotopic (exact) mass is 196 g/mol. The molecule has 0 fully saturated rings. The molecule has 1 N–H and O–H groups in total. The lowest BCUT2D eigenvalue weighted by Gasteiger charge is -2.25. The maximum atomic E-state index is 4.11. The van der Waals surface area contributed by atoms with E-state index in [1.165, 1.54) is 0 Å². The van der Waals surface area contributed by atoms with Gasteiger partial charge in [-0.1, -0.05) is 27.7 Å². The van der Waals surface area contributed by atoms with Crippen LogP contribution in [0.15, 0.2) is 12.7 Å². The second-order valence-corrected chi connectivity index (χ2v) is 4.79. The molecule has 0 aliphatic rings. The molecule has 0 bridgehead atoms. The first-order valence-electron chi connectivity index (χ1n) is 5.05. The molecule has 4 heteroatoms. The predicted octanol–water partition coefficient (Wildman–Crippen LogP) is 1.30. The molecule has 0 amide bonds. The highest BCUT2D eigenvalue weighted by Gasteiger charge is 2.18. The second-order valence-electron chi connectivity index (χ2n) is 4.79. The van der Waals surface area contributed by atoms with E-state index in [1.54, 1.807) is 12.7 Å². The second kappa shape index (κ2) is 4.55. The fourth-order valence-corrected chi connectivity index (χ4v) is 1.29. The van der Waals surface area contributed by atoms with Crippen LogP contribution in [0.4, 0.5) is 0 Å². The van der Waals surface area contributed by atoms with Gasteiger partial charge in [-0.2, -0.15) is 5.10 Å². The summed E-state index contributed by atoms with van der Waals surface area (Å²) in [5, 5.41) is 7.54. The van der Waals surface area contributed by atoms with Crippen molar-refractivity contribution in [3.63, 3.8) is 0 Å². The maximum absolute atomic E-state index is 4.11. The van der Waals surface area contributed by atoms with Gasteiger partial charge in [0.05, 0.1) is 0 Å². The zero-order valence-electron chi connectivity index (χ0n) is 9.49. The molecule has 0 unspecified atom stereocenters. The Hall–Kier alpha value is -0.900. The molecule has 0 radical (unpaired) electrons. The molecule has 1 aromatic rings. The number of rotatable bonds is 5. The van der Waals surface area contributed by atoms with E-state index in [4.69, 9.17) is 0 Å². The number of hydrogen-bond acceptors (Lipinski definition) is 3. The van der Waals surface area contributed by atoms with Gasteiger partial charge in [0.15, 0.2) is 0 Å². The molecule has 4 nitrogen and oxygen atoms in total. The van der Waals surface area contributed by atoms with Gasteiger partial charge < -0.3 is 5.32 Å². The third-order valence-corrected chi connectivity index (χ3v) is 2.05. The van der Waals surface area contributed by atoms with E-state index in [9.17, 15) is 0 Å². The maximum Gasteiger partial charge on any atom is 0.137 e. The fourth-order valence-electron chi connectivity index (χ4n) is 1.29. The van der Waals surface area contributed by atoms with E-state index in [-0.39, 0.29) is 5.41 Å². The van der Waals surface area contributed by atoms with Crippen LogP contribution >= 0.6 is 0 Å². The van der Waals surface area contributed by atoms with E-state index in [0.29, 0.717) is 6.04 Å². The van der Waals surface area contributed by atoms with Gasteiger partial charge in [-0.15, -0.1) is 0 Å². The summed E-state index contributed by atoms with van der Waals surface area (Å²) < 4.78 is 1.88. The smallest absolute Gasteiger partial charge is 0.137 e. The Labute approximate surface area is 85.7 Å². The normalized spacial score (nSPS) is 12.4. The van der Waals surface area contributed by atoms with Crippen molar-refractivity contribution in [3.05, 3.63) is 12.7 Å². The summed E-state index contributed by atoms with van der Waals surface area (Å²) in [4.78, 5) is 3.93. The highest BCUT2D eigenvalue weighted by molar-refractivity contribution is 4.73. The summed E-state index contributed by atoms with van der Waals surface area (Å²) in [6.07, 6.45) is 3.34. The highest BCUT2D eigenvalue weighted by Crippen LogP contribution is 2.15. The van der Waals surface area contributed by atoms with E-state index in [1.807, 2.05) is 4.68 Å². The van der Waals surface area contributed by atoms with Crippen molar-refractivity contribution in [1.82, 2.24) is 20.1 Å². The molecule has 0 atom stereocenters. The van der Waals surface area contributed by atoms with Crippen molar-refractivity contribution in [3.8, 4) is 0 Å². The molecule has 1 rings (SSSR count). The fraction of sp³-hybridized carbons (Fsp3) is 0.800. The molecule has 1 heterocycles. The third kappa shape index (κ3) is 3.87. The van der Waals surface area contributed by atoms with Crippen LogP contribution in [-0.2, 0) is 6.54 Å². The number of nitrogens with one attached hydrogen (secondary N) is 1. The minimum atomic E-state index is 0.206. The van der Waals surface area contributed by atoms with Crippen LogP contribution < -0.4 is 5.32 Å². The summed E-state index contributed by atoms with van der Waals surface area (Å²) in [6, 6.07) is 0.532. The Balaban J connectivity index is 2.41. The van der Waals surface area contributed by atoms with Crippen molar-refractivity contribution < 1.29 is 0 Å². The molecular formula is C10H20N4. The molecule has 0 aliphatic carbocycles. The summed E-state index contributed by atoms with van der Waals surface area (Å²) in [5.74, 6) is 0. The topological polar surface area (TPSA) is 42.7 Å². The largest absolute Gasteiger partial charge is 0.314 e. The van der Waals surface area contributed by atoms with E-state index in [0.717, 1.165) is 13.1 Å². The van der Waals surface area contributed by atoms with Gasteiger partial charge in [0.25, 0.3) is 0 Å². The van der Waals surface area contributed by atoms with Crippen molar-refractivity contribution in [2.45, 2.75) is 40.3 Å². The van der Waals surface area contributed by atoms with Gasteiger partial charge in [0.2, 0.25) is 0 Å². The minimum absolute atomic E-state index is 0.206. The van der Waals surface area contributed by atoms with Gasteiger partial charge in [-0.25, -0.2) is 4.98 Å². The van der Waals surface area contributed by atoms with Crippen LogP contribution in [-0.4, -0.2) is 27.4 Å². The number of aromatic nitrogens is 3. The van der Waals surface area contributed by atoms with Crippen LogP contribution in [0.2, 0.25) is 0 Å². The lowest BCUT2D eigenvalue weighted by molar-refractivity contribution is 0.268. The van der Waals surface area contributed by atoms with Gasteiger partial charge in [-0.05, 0) is 5.41 Å². The first-order chi connectivity index (χ1) is 6.49. The Bertz CT molecular complexity index is 251. The molecule has 1 aromatic heterocycles. The predicted molar refractivity (Wildman–Crippen MR) is 56.9 cm³/mol. The zero-order chi connectivity index (χ0) is 10.6. The van der Waals surface area contributed by atoms with Gasteiger partial charge in [0, 0.05) is 19.1 Å². The number of hydrogen-bond donors (Lipinski definition) is 1. The lowest BCUT2D eigenvalue weighted by atomic mass is 9.93. The van der Waals surface area contributed by atoms with E-state index in [2.05, 4.69) is 43.1 Å². The SMILES string of the molecule is CC(C)NCC(C)(C)Cn1cncn1. The first-order valence-corrected chi connectivity index (χ1v) is 5.05. The standard InChI is InChI=1S/C10H20N4/c1-9(2)12-5-10(3,4)6-14-8-11-7-13-14/h7-9,12H,5-6H2,1-4H3. The zero-order valence-corrected chi connectivity index (χ0v) is 9.49. The summed E-state index contributed by atoms with van der Waals surface area (Å²) in [7, 11) is 0. The van der Waals surface area contributed by atoms with Crippen LogP contribution in [0.1, 0.15) is 27.7 Å². The van der Waals surface area contributed by atoms with Crippen LogP contribution in [0, 0.1) is 5.41 Å². The number of nitrogens with zero attached hydrogens (tertiary/aromatic N) is 3. The Morgan fingerprint density at radius 1 is 1.43 bits per heavy atom. The van der Waals surface area contributed by atoms with Crippen LogP contribution in [0.5, 0.6) is 0 Å².